The summed E-state index contributed by atoms with van der Waals surface area (Å²) in [7, 11) is -3.12. The Balaban J connectivity index is 1.82. The van der Waals surface area contributed by atoms with Crippen molar-refractivity contribution in [1.29, 1.82) is 0 Å². The van der Waals surface area contributed by atoms with Crippen molar-refractivity contribution in [2.24, 2.45) is 0 Å². The van der Waals surface area contributed by atoms with Crippen LogP contribution in [0.15, 0.2) is 52.9 Å². The maximum absolute atomic E-state index is 13.3. The predicted octanol–water partition coefficient (Wildman–Crippen LogP) is 6.01. The predicted molar refractivity (Wildman–Crippen MR) is 96.2 cm³/mol. The lowest BCUT2D eigenvalue weighted by Gasteiger charge is -2.17. The first-order valence-corrected chi connectivity index (χ1v) is 9.92. The molecule has 0 N–H and O–H groups in total. The number of hydrogen-bond acceptors (Lipinski definition) is 4. The highest BCUT2D eigenvalue weighted by atomic mass is 31.2. The quantitative estimate of drug-likeness (QED) is 0.483. The smallest absolute Gasteiger partial charge is 0.335 e. The van der Waals surface area contributed by atoms with Crippen LogP contribution in [0.5, 0.6) is 0 Å². The number of fused-ring (bicyclic) bond motifs is 1. The van der Waals surface area contributed by atoms with Crippen LogP contribution < -0.4 is 0 Å². The number of benzene rings is 2. The van der Waals surface area contributed by atoms with Crippen LogP contribution in [0.4, 0.5) is 4.39 Å². The third kappa shape index (κ3) is 4.18. The second-order valence-corrected chi connectivity index (χ2v) is 7.65. The molecule has 0 bridgehead atoms. The van der Waals surface area contributed by atoms with Gasteiger partial charge in [-0.1, -0.05) is 24.3 Å². The van der Waals surface area contributed by atoms with Crippen LogP contribution in [-0.2, 0) is 19.8 Å². The Morgan fingerprint density at radius 3 is 2.32 bits per heavy atom. The van der Waals surface area contributed by atoms with Crippen molar-refractivity contribution in [3.05, 3.63) is 59.9 Å². The zero-order valence-corrected chi connectivity index (χ0v) is 15.1. The minimum absolute atomic E-state index is 0.223. The van der Waals surface area contributed by atoms with Crippen molar-refractivity contribution in [3.63, 3.8) is 0 Å². The monoisotopic (exact) mass is 362 g/mol. The Morgan fingerprint density at radius 2 is 1.68 bits per heavy atom. The van der Waals surface area contributed by atoms with Crippen molar-refractivity contribution in [2.75, 3.05) is 13.2 Å². The number of hydrogen-bond donors (Lipinski definition) is 0. The highest BCUT2D eigenvalue weighted by Gasteiger charge is 2.24. The Hall–Kier alpha value is -1.94. The molecule has 0 aliphatic heterocycles. The molecule has 0 radical (unpaired) electrons. The molecule has 0 aliphatic rings. The number of furan rings is 1. The molecule has 0 saturated carbocycles. The fraction of sp³-hybridized carbons (Fsp3) is 0.263. The van der Waals surface area contributed by atoms with Gasteiger partial charge in [-0.3, -0.25) is 4.57 Å². The lowest BCUT2D eigenvalue weighted by molar-refractivity contribution is 0.219. The third-order valence-electron chi connectivity index (χ3n) is 3.74. The summed E-state index contributed by atoms with van der Waals surface area (Å²) in [5.41, 5.74) is 2.36. The van der Waals surface area contributed by atoms with E-state index in [2.05, 4.69) is 0 Å². The standard InChI is InChI=1S/C19H20FO4P/c1-3-22-25(21,23-4-2)13-14-5-7-15(8-6-14)19-12-16-11-17(20)9-10-18(16)24-19/h5-12H,3-4,13H2,1-2H3. The molecule has 132 valence electrons. The van der Waals surface area contributed by atoms with Crippen molar-refractivity contribution in [1.82, 2.24) is 0 Å². The first-order chi connectivity index (χ1) is 12.0. The molecule has 25 heavy (non-hydrogen) atoms. The first kappa shape index (κ1) is 17.9. The summed E-state index contributed by atoms with van der Waals surface area (Å²) in [5, 5.41) is 0.719. The molecule has 4 nitrogen and oxygen atoms in total. The van der Waals surface area contributed by atoms with Gasteiger partial charge in [-0.2, -0.15) is 0 Å². The van der Waals surface area contributed by atoms with Crippen molar-refractivity contribution in [2.45, 2.75) is 20.0 Å². The third-order valence-corrected chi connectivity index (χ3v) is 5.80. The lowest BCUT2D eigenvalue weighted by Crippen LogP contribution is -1.99. The fourth-order valence-corrected chi connectivity index (χ4v) is 4.38. The van der Waals surface area contributed by atoms with E-state index in [0.717, 1.165) is 16.5 Å². The second-order valence-electron chi connectivity index (χ2n) is 5.59. The molecule has 3 aromatic rings. The highest BCUT2D eigenvalue weighted by Crippen LogP contribution is 2.51. The van der Waals surface area contributed by atoms with Crippen LogP contribution in [-0.4, -0.2) is 13.2 Å². The van der Waals surface area contributed by atoms with Gasteiger partial charge in [0.15, 0.2) is 0 Å². The van der Waals surface area contributed by atoms with E-state index >= 15 is 0 Å². The SMILES string of the molecule is CCOP(=O)(Cc1ccc(-c2cc3cc(F)ccc3o2)cc1)OCC. The van der Waals surface area contributed by atoms with Gasteiger partial charge in [-0.15, -0.1) is 0 Å². The molecular formula is C19H20FO4P. The van der Waals surface area contributed by atoms with Crippen LogP contribution >= 0.6 is 7.60 Å². The van der Waals surface area contributed by atoms with Gasteiger partial charge in [0.05, 0.1) is 19.4 Å². The van der Waals surface area contributed by atoms with E-state index in [0.29, 0.717) is 24.6 Å². The molecule has 0 unspecified atom stereocenters. The summed E-state index contributed by atoms with van der Waals surface area (Å²) < 4.78 is 42.3. The molecule has 0 spiro atoms. The molecule has 2 aromatic carbocycles. The van der Waals surface area contributed by atoms with E-state index in [4.69, 9.17) is 13.5 Å². The Morgan fingerprint density at radius 1 is 1.00 bits per heavy atom. The van der Waals surface area contributed by atoms with E-state index in [1.807, 2.05) is 24.3 Å². The van der Waals surface area contributed by atoms with Crippen LogP contribution in [0.2, 0.25) is 0 Å². The largest absolute Gasteiger partial charge is 0.456 e. The topological polar surface area (TPSA) is 48.7 Å². The van der Waals surface area contributed by atoms with Crippen molar-refractivity contribution < 1.29 is 22.4 Å². The highest BCUT2D eigenvalue weighted by molar-refractivity contribution is 7.53. The average molecular weight is 362 g/mol. The Bertz CT molecular complexity index is 891. The van der Waals surface area contributed by atoms with Crippen LogP contribution in [0.25, 0.3) is 22.3 Å². The van der Waals surface area contributed by atoms with Crippen molar-refractivity contribution in [3.8, 4) is 11.3 Å². The molecule has 0 fully saturated rings. The van der Waals surface area contributed by atoms with Gasteiger partial charge in [0.1, 0.15) is 17.2 Å². The van der Waals surface area contributed by atoms with Gasteiger partial charge >= 0.3 is 7.60 Å². The molecular weight excluding hydrogens is 342 g/mol. The minimum atomic E-state index is -3.12. The van der Waals surface area contributed by atoms with E-state index in [-0.39, 0.29) is 12.0 Å². The second kappa shape index (κ2) is 7.52. The number of rotatable bonds is 7. The fourth-order valence-electron chi connectivity index (χ4n) is 2.68. The Kier molecular flexibility index (Phi) is 5.38. The molecule has 0 aliphatic carbocycles. The van der Waals surface area contributed by atoms with Gasteiger partial charge in [0, 0.05) is 10.9 Å². The maximum Gasteiger partial charge on any atom is 0.335 e. The summed E-state index contributed by atoms with van der Waals surface area (Å²) >= 11 is 0. The summed E-state index contributed by atoms with van der Waals surface area (Å²) in [5.74, 6) is 0.364. The molecule has 3 rings (SSSR count). The first-order valence-electron chi connectivity index (χ1n) is 8.19. The van der Waals surface area contributed by atoms with Gasteiger partial charge < -0.3 is 13.5 Å². The van der Waals surface area contributed by atoms with Gasteiger partial charge in [0.25, 0.3) is 0 Å². The van der Waals surface area contributed by atoms with Crippen LogP contribution in [0.1, 0.15) is 19.4 Å². The van der Waals surface area contributed by atoms with Gasteiger partial charge in [-0.05, 0) is 43.7 Å². The number of halogens is 1. The van der Waals surface area contributed by atoms with E-state index in [1.54, 1.807) is 26.0 Å². The van der Waals surface area contributed by atoms with Gasteiger partial charge in [0.2, 0.25) is 0 Å². The van der Waals surface area contributed by atoms with E-state index in [9.17, 15) is 8.96 Å². The molecule has 0 saturated heterocycles. The van der Waals surface area contributed by atoms with Crippen molar-refractivity contribution >= 4 is 18.6 Å². The molecule has 6 heteroatoms. The zero-order valence-electron chi connectivity index (χ0n) is 14.2. The summed E-state index contributed by atoms with van der Waals surface area (Å²) in [6.45, 7) is 4.26. The van der Waals surface area contributed by atoms with Crippen LogP contribution in [0.3, 0.4) is 0 Å². The van der Waals surface area contributed by atoms with E-state index < -0.39 is 7.60 Å². The van der Waals surface area contributed by atoms with Crippen LogP contribution in [0, 0.1) is 5.82 Å². The zero-order chi connectivity index (χ0) is 17.9. The summed E-state index contributed by atoms with van der Waals surface area (Å²) in [6, 6.07) is 13.7. The minimum Gasteiger partial charge on any atom is -0.456 e. The van der Waals surface area contributed by atoms with Gasteiger partial charge in [-0.25, -0.2) is 4.39 Å². The molecule has 0 amide bonds. The molecule has 1 heterocycles. The van der Waals surface area contributed by atoms with E-state index in [1.165, 1.54) is 12.1 Å². The summed E-state index contributed by atoms with van der Waals surface area (Å²) in [4.78, 5) is 0. The normalized spacial score (nSPS) is 12.0. The lowest BCUT2D eigenvalue weighted by atomic mass is 10.1. The summed E-state index contributed by atoms with van der Waals surface area (Å²) in [6.07, 6.45) is 0.223. The molecule has 0 atom stereocenters. The maximum atomic E-state index is 13.3. The molecule has 1 aromatic heterocycles. The Labute approximate surface area is 146 Å². The average Bonchev–Trinajstić information content (AvgIpc) is 2.99.